The Labute approximate surface area is 194 Å². The maximum atomic E-state index is 13.5. The summed E-state index contributed by atoms with van der Waals surface area (Å²) in [5, 5.41) is 7.22. The molecule has 1 aliphatic heterocycles. The van der Waals surface area contributed by atoms with Gasteiger partial charge in [0.25, 0.3) is 12.3 Å². The number of nitrogens with zero attached hydrogens (tertiary/aromatic N) is 5. The summed E-state index contributed by atoms with van der Waals surface area (Å²) in [6.45, 7) is 3.73. The third kappa shape index (κ3) is 4.63. The van der Waals surface area contributed by atoms with E-state index < -0.39 is 12.3 Å². The molecule has 5 rings (SSSR count). The number of imidazole rings is 1. The highest BCUT2D eigenvalue weighted by Crippen LogP contribution is 2.30. The number of hydrogen-bond acceptors (Lipinski definition) is 6. The minimum absolute atomic E-state index is 0.123. The average Bonchev–Trinajstić information content (AvgIpc) is 3.28. The van der Waals surface area contributed by atoms with Crippen LogP contribution in [0.15, 0.2) is 60.8 Å². The summed E-state index contributed by atoms with van der Waals surface area (Å²) in [5.74, 6) is -0.0415. The number of carbonyl (C=O) groups is 1. The monoisotopic (exact) mass is 464 g/mol. The molecule has 174 valence electrons. The van der Waals surface area contributed by atoms with Crippen LogP contribution < -0.4 is 5.32 Å². The summed E-state index contributed by atoms with van der Waals surface area (Å²) < 4.78 is 33.7. The van der Waals surface area contributed by atoms with Gasteiger partial charge in [0, 0.05) is 30.8 Å². The van der Waals surface area contributed by atoms with Crippen LogP contribution in [0.2, 0.25) is 0 Å². The number of alkyl halides is 2. The summed E-state index contributed by atoms with van der Waals surface area (Å²) in [7, 11) is 0. The van der Waals surface area contributed by atoms with Gasteiger partial charge < -0.3 is 10.1 Å². The molecule has 1 amide bonds. The standard InChI is InChI=1S/C24H22F2N6O2/c25-23(26)18-6-2-1-5-17(18)19-8-9-22-27-14-20(32(22)30-19)24(33)29-21-7-3-4-16(28-21)15-31-10-12-34-13-11-31/h1-9,14,23H,10-13,15H2,(H,28,29,33). The molecule has 10 heteroatoms. The molecule has 1 saturated heterocycles. The molecule has 0 saturated carbocycles. The van der Waals surface area contributed by atoms with E-state index in [9.17, 15) is 13.6 Å². The molecule has 8 nitrogen and oxygen atoms in total. The second-order valence-corrected chi connectivity index (χ2v) is 7.88. The summed E-state index contributed by atoms with van der Waals surface area (Å²) in [5.41, 5.74) is 1.94. The lowest BCUT2D eigenvalue weighted by atomic mass is 10.0. The second kappa shape index (κ2) is 9.62. The number of nitrogens with one attached hydrogen (secondary N) is 1. The Hall–Kier alpha value is -3.76. The van der Waals surface area contributed by atoms with Gasteiger partial charge in [0.2, 0.25) is 0 Å². The van der Waals surface area contributed by atoms with E-state index in [1.54, 1.807) is 36.4 Å². The number of benzene rings is 1. The number of fused-ring (bicyclic) bond motifs is 1. The Balaban J connectivity index is 1.39. The first-order valence-corrected chi connectivity index (χ1v) is 10.9. The quantitative estimate of drug-likeness (QED) is 0.467. The largest absolute Gasteiger partial charge is 0.379 e. The molecule has 1 aliphatic rings. The topological polar surface area (TPSA) is 84.7 Å². The zero-order valence-electron chi connectivity index (χ0n) is 18.2. The van der Waals surface area contributed by atoms with E-state index in [2.05, 4.69) is 25.3 Å². The van der Waals surface area contributed by atoms with Crippen molar-refractivity contribution in [2.45, 2.75) is 13.0 Å². The van der Waals surface area contributed by atoms with Gasteiger partial charge in [-0.3, -0.25) is 9.69 Å². The van der Waals surface area contributed by atoms with Gasteiger partial charge in [-0.15, -0.1) is 0 Å². The summed E-state index contributed by atoms with van der Waals surface area (Å²) in [6, 6.07) is 14.9. The Morgan fingerprint density at radius 2 is 1.88 bits per heavy atom. The van der Waals surface area contributed by atoms with Crippen molar-refractivity contribution in [2.75, 3.05) is 31.6 Å². The van der Waals surface area contributed by atoms with E-state index in [-0.39, 0.29) is 11.3 Å². The number of rotatable bonds is 6. The van der Waals surface area contributed by atoms with Gasteiger partial charge in [0.1, 0.15) is 5.82 Å². The number of pyridine rings is 1. The normalized spacial score (nSPS) is 14.6. The van der Waals surface area contributed by atoms with E-state index in [4.69, 9.17) is 4.74 Å². The van der Waals surface area contributed by atoms with Crippen molar-refractivity contribution in [3.8, 4) is 11.3 Å². The Kier molecular flexibility index (Phi) is 6.24. The number of ether oxygens (including phenoxy) is 1. The summed E-state index contributed by atoms with van der Waals surface area (Å²) in [4.78, 5) is 24.0. The highest BCUT2D eigenvalue weighted by Gasteiger charge is 2.18. The van der Waals surface area contributed by atoms with Crippen LogP contribution in [-0.2, 0) is 11.3 Å². The van der Waals surface area contributed by atoms with Crippen molar-refractivity contribution in [2.24, 2.45) is 0 Å². The lowest BCUT2D eigenvalue weighted by Crippen LogP contribution is -2.35. The average molecular weight is 464 g/mol. The molecular weight excluding hydrogens is 442 g/mol. The summed E-state index contributed by atoms with van der Waals surface area (Å²) >= 11 is 0. The molecule has 0 bridgehead atoms. The highest BCUT2D eigenvalue weighted by molar-refractivity contribution is 6.02. The predicted octanol–water partition coefficient (Wildman–Crippen LogP) is 3.81. The fourth-order valence-corrected chi connectivity index (χ4v) is 3.90. The number of aromatic nitrogens is 4. The predicted molar refractivity (Wildman–Crippen MR) is 122 cm³/mol. The Morgan fingerprint density at radius 3 is 2.71 bits per heavy atom. The van der Waals surface area contributed by atoms with Crippen molar-refractivity contribution < 1.29 is 18.3 Å². The lowest BCUT2D eigenvalue weighted by Gasteiger charge is -2.26. The van der Waals surface area contributed by atoms with Crippen LogP contribution in [0, 0.1) is 0 Å². The molecule has 0 atom stereocenters. The van der Waals surface area contributed by atoms with Crippen LogP contribution in [0.3, 0.4) is 0 Å². The fraction of sp³-hybridized carbons (Fsp3) is 0.250. The molecule has 0 aliphatic carbocycles. The fourth-order valence-electron chi connectivity index (χ4n) is 3.90. The Bertz CT molecular complexity index is 1320. The van der Waals surface area contributed by atoms with Crippen LogP contribution in [0.25, 0.3) is 16.9 Å². The van der Waals surface area contributed by atoms with Crippen molar-refractivity contribution in [1.82, 2.24) is 24.5 Å². The first-order chi connectivity index (χ1) is 16.6. The zero-order valence-corrected chi connectivity index (χ0v) is 18.2. The number of amides is 1. The Morgan fingerprint density at radius 1 is 1.06 bits per heavy atom. The van der Waals surface area contributed by atoms with Crippen molar-refractivity contribution in [3.05, 3.63) is 77.7 Å². The third-order valence-electron chi connectivity index (χ3n) is 5.60. The molecule has 1 fully saturated rings. The highest BCUT2D eigenvalue weighted by atomic mass is 19.3. The third-order valence-corrected chi connectivity index (χ3v) is 5.60. The van der Waals surface area contributed by atoms with Crippen molar-refractivity contribution >= 4 is 17.4 Å². The van der Waals surface area contributed by atoms with Crippen LogP contribution in [0.5, 0.6) is 0 Å². The first kappa shape index (κ1) is 22.1. The summed E-state index contributed by atoms with van der Waals surface area (Å²) in [6.07, 6.45) is -1.24. The van der Waals surface area contributed by atoms with Gasteiger partial charge in [0.15, 0.2) is 11.3 Å². The minimum atomic E-state index is -2.64. The maximum Gasteiger partial charge on any atom is 0.277 e. The number of carbonyl (C=O) groups excluding carboxylic acids is 1. The van der Waals surface area contributed by atoms with Crippen molar-refractivity contribution in [3.63, 3.8) is 0 Å². The molecule has 0 unspecified atom stereocenters. The maximum absolute atomic E-state index is 13.5. The van der Waals surface area contributed by atoms with Crippen LogP contribution in [0.1, 0.15) is 28.2 Å². The molecule has 3 aromatic heterocycles. The van der Waals surface area contributed by atoms with Gasteiger partial charge in [-0.2, -0.15) is 5.10 Å². The van der Waals surface area contributed by atoms with E-state index in [1.807, 2.05) is 12.1 Å². The molecule has 1 N–H and O–H groups in total. The smallest absolute Gasteiger partial charge is 0.277 e. The molecule has 4 aromatic rings. The van der Waals surface area contributed by atoms with E-state index in [0.717, 1.165) is 18.8 Å². The van der Waals surface area contributed by atoms with Gasteiger partial charge in [-0.05, 0) is 24.3 Å². The van der Waals surface area contributed by atoms with E-state index in [1.165, 1.54) is 16.8 Å². The molecule has 0 spiro atoms. The van der Waals surface area contributed by atoms with Crippen LogP contribution in [0.4, 0.5) is 14.6 Å². The number of anilines is 1. The van der Waals surface area contributed by atoms with Gasteiger partial charge in [-0.1, -0.05) is 30.3 Å². The molecular formula is C24H22F2N6O2. The molecule has 0 radical (unpaired) electrons. The minimum Gasteiger partial charge on any atom is -0.379 e. The SMILES string of the molecule is O=C(Nc1cccc(CN2CCOCC2)n1)c1cnc2ccc(-c3ccccc3C(F)F)nn12. The first-order valence-electron chi connectivity index (χ1n) is 10.9. The van der Waals surface area contributed by atoms with Gasteiger partial charge >= 0.3 is 0 Å². The molecule has 1 aromatic carbocycles. The molecule has 4 heterocycles. The van der Waals surface area contributed by atoms with Crippen LogP contribution >= 0.6 is 0 Å². The number of halogens is 2. The molecule has 34 heavy (non-hydrogen) atoms. The van der Waals surface area contributed by atoms with Crippen molar-refractivity contribution in [1.29, 1.82) is 0 Å². The van der Waals surface area contributed by atoms with Gasteiger partial charge in [0.05, 0.1) is 30.8 Å². The van der Waals surface area contributed by atoms with E-state index >= 15 is 0 Å². The second-order valence-electron chi connectivity index (χ2n) is 7.88. The van der Waals surface area contributed by atoms with Crippen LogP contribution in [-0.4, -0.2) is 56.7 Å². The van der Waals surface area contributed by atoms with E-state index in [0.29, 0.717) is 42.5 Å². The zero-order chi connectivity index (χ0) is 23.5. The number of morpholine rings is 1. The lowest BCUT2D eigenvalue weighted by molar-refractivity contribution is 0.0337. The van der Waals surface area contributed by atoms with Gasteiger partial charge in [-0.25, -0.2) is 23.3 Å². The number of hydrogen-bond donors (Lipinski definition) is 1.